The van der Waals surface area contributed by atoms with Gasteiger partial charge in [-0.25, -0.2) is 9.18 Å². The maximum atomic E-state index is 12.8. The van der Waals surface area contributed by atoms with Crippen molar-refractivity contribution in [2.75, 3.05) is 20.8 Å². The Bertz CT molecular complexity index is 862. The normalized spacial score (nSPS) is 11.5. The molecule has 1 aromatic heterocycles. The zero-order chi connectivity index (χ0) is 20.7. The zero-order valence-corrected chi connectivity index (χ0v) is 16.4. The van der Waals surface area contributed by atoms with Gasteiger partial charge >= 0.3 is 5.97 Å². The van der Waals surface area contributed by atoms with Crippen LogP contribution in [-0.2, 0) is 16.2 Å². The Labute approximate surface area is 166 Å². The van der Waals surface area contributed by atoms with Gasteiger partial charge in [0.1, 0.15) is 6.67 Å². The molecule has 1 heterocycles. The Balaban J connectivity index is 2.35. The zero-order valence-electron chi connectivity index (χ0n) is 15.6. The van der Waals surface area contributed by atoms with Gasteiger partial charge in [0.05, 0.1) is 31.5 Å². The predicted molar refractivity (Wildman–Crippen MR) is 100 cm³/mol. The summed E-state index contributed by atoms with van der Waals surface area (Å²) in [5.74, 6) is -0.510. The number of alkyl halides is 1. The van der Waals surface area contributed by atoms with Gasteiger partial charge in [0.2, 0.25) is 0 Å². The van der Waals surface area contributed by atoms with E-state index < -0.39 is 24.6 Å². The number of nitrogens with one attached hydrogen (secondary N) is 1. The molecule has 150 valence electrons. The number of carbonyl (C=O) groups is 2. The minimum absolute atomic E-state index is 0.0424. The first-order chi connectivity index (χ1) is 13.4. The number of pyridine rings is 1. The number of amides is 1. The fraction of sp³-hybridized carbons (Fsp3) is 0.316. The molecule has 1 unspecified atom stereocenters. The largest absolute Gasteiger partial charge is 0.493 e. The van der Waals surface area contributed by atoms with E-state index >= 15 is 0 Å². The van der Waals surface area contributed by atoms with Crippen LogP contribution in [0.15, 0.2) is 30.5 Å². The topological polar surface area (TPSA) is 86.8 Å². The lowest BCUT2D eigenvalue weighted by atomic mass is 10.1. The second-order valence-corrected chi connectivity index (χ2v) is 5.98. The van der Waals surface area contributed by atoms with Gasteiger partial charge < -0.3 is 19.5 Å². The van der Waals surface area contributed by atoms with Crippen molar-refractivity contribution in [3.05, 3.63) is 52.3 Å². The van der Waals surface area contributed by atoms with Crippen molar-refractivity contribution in [1.29, 1.82) is 0 Å². The molecule has 0 bridgehead atoms. The van der Waals surface area contributed by atoms with E-state index in [0.717, 1.165) is 0 Å². The number of esters is 1. The molecule has 9 heteroatoms. The van der Waals surface area contributed by atoms with Crippen LogP contribution in [0.4, 0.5) is 4.39 Å². The van der Waals surface area contributed by atoms with Gasteiger partial charge in [0.25, 0.3) is 5.91 Å². The monoisotopic (exact) mass is 410 g/mol. The van der Waals surface area contributed by atoms with Gasteiger partial charge in [0, 0.05) is 17.3 Å². The summed E-state index contributed by atoms with van der Waals surface area (Å²) in [5, 5.41) is 2.59. The summed E-state index contributed by atoms with van der Waals surface area (Å²) in [5.41, 5.74) is 0.539. The quantitative estimate of drug-likeness (QED) is 0.672. The molecule has 1 N–H and O–H groups in total. The summed E-state index contributed by atoms with van der Waals surface area (Å²) in [6.07, 6.45) is 1.25. The molecule has 0 saturated heterocycles. The molecule has 2 rings (SSSR count). The first kappa shape index (κ1) is 21.4. The number of ether oxygens (including phenoxy) is 3. The van der Waals surface area contributed by atoms with Crippen LogP contribution < -0.4 is 14.8 Å². The number of hydrogen-bond acceptors (Lipinski definition) is 6. The third kappa shape index (κ3) is 4.89. The van der Waals surface area contributed by atoms with Crippen LogP contribution >= 0.6 is 11.6 Å². The summed E-state index contributed by atoms with van der Waals surface area (Å²) >= 11 is 6.14. The SMILES string of the molecule is CCOC(=O)C(NC(=O)c1ccc(OC)c(OC)c1)c1ncc(CF)cc1Cl. The molecule has 0 fully saturated rings. The first-order valence-electron chi connectivity index (χ1n) is 8.34. The molecule has 0 aliphatic heterocycles. The van der Waals surface area contributed by atoms with Gasteiger partial charge in [0.15, 0.2) is 17.5 Å². The molecule has 0 saturated carbocycles. The molecule has 1 atom stereocenters. The van der Waals surface area contributed by atoms with Crippen LogP contribution in [0.5, 0.6) is 11.5 Å². The Morgan fingerprint density at radius 1 is 1.21 bits per heavy atom. The highest BCUT2D eigenvalue weighted by molar-refractivity contribution is 6.31. The van der Waals surface area contributed by atoms with Gasteiger partial charge in [-0.15, -0.1) is 0 Å². The van der Waals surface area contributed by atoms with Crippen molar-refractivity contribution < 1.29 is 28.2 Å². The van der Waals surface area contributed by atoms with Crippen LogP contribution in [0.3, 0.4) is 0 Å². The minimum Gasteiger partial charge on any atom is -0.493 e. The standard InChI is InChI=1S/C19H20ClFN2O5/c1-4-28-19(25)17(16-13(20)7-11(9-21)10-22-16)23-18(24)12-5-6-14(26-2)15(8-12)27-3/h5-8,10,17H,4,9H2,1-3H3,(H,23,24). The molecule has 28 heavy (non-hydrogen) atoms. The van der Waals surface area contributed by atoms with Gasteiger partial charge in [-0.3, -0.25) is 9.78 Å². The number of methoxy groups -OCH3 is 2. The Hall–Kier alpha value is -2.87. The lowest BCUT2D eigenvalue weighted by Gasteiger charge is -2.18. The van der Waals surface area contributed by atoms with E-state index in [1.807, 2.05) is 0 Å². The van der Waals surface area contributed by atoms with E-state index in [0.29, 0.717) is 11.5 Å². The molecular formula is C19H20ClFN2O5. The molecule has 7 nitrogen and oxygen atoms in total. The van der Waals surface area contributed by atoms with Crippen molar-refractivity contribution in [3.63, 3.8) is 0 Å². The van der Waals surface area contributed by atoms with Crippen LogP contribution in [0.1, 0.15) is 34.6 Å². The average Bonchev–Trinajstić information content (AvgIpc) is 2.71. The van der Waals surface area contributed by atoms with E-state index in [4.69, 9.17) is 25.8 Å². The summed E-state index contributed by atoms with van der Waals surface area (Å²) in [4.78, 5) is 29.1. The van der Waals surface area contributed by atoms with Crippen molar-refractivity contribution >= 4 is 23.5 Å². The van der Waals surface area contributed by atoms with Gasteiger partial charge in [-0.2, -0.15) is 0 Å². The molecule has 0 spiro atoms. The third-order valence-corrected chi connectivity index (χ3v) is 4.10. The van der Waals surface area contributed by atoms with Crippen LogP contribution in [0.25, 0.3) is 0 Å². The van der Waals surface area contributed by atoms with Crippen molar-refractivity contribution in [2.24, 2.45) is 0 Å². The molecule has 0 aliphatic carbocycles. The number of rotatable bonds is 8. The van der Waals surface area contributed by atoms with Crippen molar-refractivity contribution in [2.45, 2.75) is 19.6 Å². The van der Waals surface area contributed by atoms with E-state index in [1.54, 1.807) is 13.0 Å². The highest BCUT2D eigenvalue weighted by Crippen LogP contribution is 2.28. The highest BCUT2D eigenvalue weighted by Gasteiger charge is 2.28. The first-order valence-corrected chi connectivity index (χ1v) is 8.72. The van der Waals surface area contributed by atoms with E-state index in [-0.39, 0.29) is 28.5 Å². The second-order valence-electron chi connectivity index (χ2n) is 5.57. The summed E-state index contributed by atoms with van der Waals surface area (Å²) in [7, 11) is 2.92. The number of carbonyl (C=O) groups excluding carboxylic acids is 2. The highest BCUT2D eigenvalue weighted by atomic mass is 35.5. The van der Waals surface area contributed by atoms with Crippen LogP contribution in [-0.4, -0.2) is 37.7 Å². The summed E-state index contributed by atoms with van der Waals surface area (Å²) < 4.78 is 28.1. The van der Waals surface area contributed by atoms with Crippen molar-refractivity contribution in [1.82, 2.24) is 10.3 Å². The number of halogens is 2. The van der Waals surface area contributed by atoms with E-state index in [9.17, 15) is 14.0 Å². The number of nitrogens with zero attached hydrogens (tertiary/aromatic N) is 1. The van der Waals surface area contributed by atoms with Gasteiger partial charge in [-0.05, 0) is 31.2 Å². The maximum Gasteiger partial charge on any atom is 0.335 e. The Morgan fingerprint density at radius 2 is 1.93 bits per heavy atom. The second kappa shape index (κ2) is 9.89. The molecule has 1 amide bonds. The average molecular weight is 411 g/mol. The Morgan fingerprint density at radius 3 is 2.50 bits per heavy atom. The fourth-order valence-corrected chi connectivity index (χ4v) is 2.73. The predicted octanol–water partition coefficient (Wildman–Crippen LogP) is 3.26. The van der Waals surface area contributed by atoms with Crippen LogP contribution in [0, 0.1) is 0 Å². The molecule has 0 aliphatic rings. The number of hydrogen-bond donors (Lipinski definition) is 1. The minimum atomic E-state index is -1.26. The summed E-state index contributed by atoms with van der Waals surface area (Å²) in [6, 6.07) is 4.63. The number of benzene rings is 1. The smallest absolute Gasteiger partial charge is 0.335 e. The molecule has 1 aromatic carbocycles. The van der Waals surface area contributed by atoms with Crippen LogP contribution in [0.2, 0.25) is 5.02 Å². The van der Waals surface area contributed by atoms with E-state index in [2.05, 4.69) is 10.3 Å². The molecule has 0 radical (unpaired) electrons. The fourth-order valence-electron chi connectivity index (χ4n) is 2.43. The van der Waals surface area contributed by atoms with E-state index in [1.165, 1.54) is 38.6 Å². The molecular weight excluding hydrogens is 391 g/mol. The Kier molecular flexibility index (Phi) is 7.57. The van der Waals surface area contributed by atoms with Gasteiger partial charge in [-0.1, -0.05) is 11.6 Å². The third-order valence-electron chi connectivity index (χ3n) is 3.80. The van der Waals surface area contributed by atoms with Crippen molar-refractivity contribution in [3.8, 4) is 11.5 Å². The lowest BCUT2D eigenvalue weighted by Crippen LogP contribution is -2.35. The number of aromatic nitrogens is 1. The molecule has 2 aromatic rings. The maximum absolute atomic E-state index is 12.8. The summed E-state index contributed by atoms with van der Waals surface area (Å²) in [6.45, 7) is 0.975. The lowest BCUT2D eigenvalue weighted by molar-refractivity contribution is -0.145.